The van der Waals surface area contributed by atoms with Gasteiger partial charge in [0.2, 0.25) is 0 Å². The average Bonchev–Trinajstić information content (AvgIpc) is 1.72. The van der Waals surface area contributed by atoms with Gasteiger partial charge in [0, 0.05) is 9.52 Å². The largest absolute Gasteiger partial charge is 0.123 e. The summed E-state index contributed by atoms with van der Waals surface area (Å²) in [6.45, 7) is 0. The Bertz CT molecular complexity index is 23.0. The Hall–Kier alpha value is 0.647. The third-order valence-corrected chi connectivity index (χ3v) is 4.37. The second-order valence-electron chi connectivity index (χ2n) is 1.50. The summed E-state index contributed by atoms with van der Waals surface area (Å²) in [5, 5.41) is 0. The Morgan fingerprint density at radius 3 is 2.00 bits per heavy atom. The molecule has 2 radical (unpaired) electrons. The molecule has 1 heterocycles. The first kappa shape index (κ1) is 4.80. The van der Waals surface area contributed by atoms with Crippen LogP contribution in [0.3, 0.4) is 0 Å². The normalized spacial score (nSPS) is 24.0. The molecule has 0 amide bonds. The molecular formula is C4H9PSi. The molecular weight excluding hydrogens is 107 g/mol. The van der Waals surface area contributed by atoms with E-state index in [1.54, 1.807) is 24.4 Å². The second kappa shape index (κ2) is 2.76. The zero-order chi connectivity index (χ0) is 4.24. The van der Waals surface area contributed by atoms with Gasteiger partial charge in [0.05, 0.1) is 0 Å². The summed E-state index contributed by atoms with van der Waals surface area (Å²) in [4.78, 5) is 0. The molecule has 0 unspecified atom stereocenters. The van der Waals surface area contributed by atoms with E-state index in [0.29, 0.717) is 0 Å². The van der Waals surface area contributed by atoms with Gasteiger partial charge in [-0.15, -0.1) is 8.58 Å². The van der Waals surface area contributed by atoms with E-state index in [9.17, 15) is 0 Å². The molecule has 0 saturated carbocycles. The highest BCUT2D eigenvalue weighted by Gasteiger charge is 1.96. The smallest absolute Gasteiger partial charge is 0.0385 e. The van der Waals surface area contributed by atoms with Gasteiger partial charge in [-0.1, -0.05) is 12.1 Å². The second-order valence-corrected chi connectivity index (χ2v) is 4.50. The quantitative estimate of drug-likeness (QED) is 0.330. The third-order valence-electron chi connectivity index (χ3n) is 0.957. The molecule has 0 atom stereocenters. The Morgan fingerprint density at radius 1 is 1.17 bits per heavy atom. The molecule has 34 valence electrons. The molecule has 1 rings (SSSR count). The fourth-order valence-electron chi connectivity index (χ4n) is 0.604. The molecule has 0 aliphatic carbocycles. The minimum atomic E-state index is 1.31. The molecule has 0 nitrogen and oxygen atoms in total. The van der Waals surface area contributed by atoms with Crippen LogP contribution in [0.1, 0.15) is 0 Å². The minimum Gasteiger partial charge on any atom is -0.123 e. The number of hydrogen-bond acceptors (Lipinski definition) is 0. The van der Waals surface area contributed by atoms with Gasteiger partial charge in [0.25, 0.3) is 0 Å². The van der Waals surface area contributed by atoms with E-state index < -0.39 is 0 Å². The van der Waals surface area contributed by atoms with Gasteiger partial charge in [-0.25, -0.2) is 0 Å². The molecule has 1 saturated heterocycles. The van der Waals surface area contributed by atoms with Gasteiger partial charge in [-0.2, -0.15) is 0 Å². The Morgan fingerprint density at radius 2 is 1.83 bits per heavy atom. The lowest BCUT2D eigenvalue weighted by atomic mass is 10.9. The summed E-state index contributed by atoms with van der Waals surface area (Å²) in [5.74, 6) is 0. The first-order chi connectivity index (χ1) is 3.00. The zero-order valence-electron chi connectivity index (χ0n) is 3.83. The third kappa shape index (κ3) is 1.40. The summed E-state index contributed by atoms with van der Waals surface area (Å²) in [5.41, 5.74) is 0. The predicted octanol–water partition coefficient (Wildman–Crippen LogP) is 1.22. The lowest BCUT2D eigenvalue weighted by Crippen LogP contribution is -1.97. The van der Waals surface area contributed by atoms with Crippen LogP contribution in [0.4, 0.5) is 0 Å². The van der Waals surface area contributed by atoms with Crippen LogP contribution < -0.4 is 0 Å². The maximum absolute atomic E-state index is 1.54. The van der Waals surface area contributed by atoms with Gasteiger partial charge >= 0.3 is 0 Å². The first-order valence-electron chi connectivity index (χ1n) is 2.41. The van der Waals surface area contributed by atoms with Crippen molar-refractivity contribution in [2.75, 3.05) is 12.3 Å². The maximum Gasteiger partial charge on any atom is 0.0385 e. The van der Waals surface area contributed by atoms with Gasteiger partial charge in [0.15, 0.2) is 0 Å². The summed E-state index contributed by atoms with van der Waals surface area (Å²) in [7, 11) is 2.62. The SMILES string of the molecule is C1CPCC[Si]1. The molecule has 1 fully saturated rings. The molecule has 6 heavy (non-hydrogen) atoms. The van der Waals surface area contributed by atoms with E-state index in [-0.39, 0.29) is 0 Å². The van der Waals surface area contributed by atoms with Gasteiger partial charge in [-0.3, -0.25) is 0 Å². The van der Waals surface area contributed by atoms with Crippen LogP contribution in [0, 0.1) is 0 Å². The fraction of sp³-hybridized carbons (Fsp3) is 1.00. The zero-order valence-corrected chi connectivity index (χ0v) is 5.83. The maximum atomic E-state index is 1.54. The first-order valence-corrected chi connectivity index (χ1v) is 5.24. The van der Waals surface area contributed by atoms with E-state index >= 15 is 0 Å². The molecule has 0 bridgehead atoms. The molecule has 0 aromatic rings. The lowest BCUT2D eigenvalue weighted by molar-refractivity contribution is 1.32. The number of rotatable bonds is 0. The van der Waals surface area contributed by atoms with Crippen molar-refractivity contribution in [3.05, 3.63) is 0 Å². The summed E-state index contributed by atoms with van der Waals surface area (Å²) in [6.07, 6.45) is 3.08. The number of hydrogen-bond donors (Lipinski definition) is 0. The Kier molecular flexibility index (Phi) is 2.21. The minimum absolute atomic E-state index is 1.31. The molecule has 1 aliphatic heterocycles. The molecule has 0 N–H and O–H groups in total. The lowest BCUT2D eigenvalue weighted by Gasteiger charge is -2.05. The van der Waals surface area contributed by atoms with Crippen molar-refractivity contribution < 1.29 is 0 Å². The van der Waals surface area contributed by atoms with Crippen LogP contribution in [0.15, 0.2) is 0 Å². The molecule has 0 spiro atoms. The standard InChI is InChI=1S/C4H9PSi/c1-3-6-4-2-5-1/h5H,1-4H2. The van der Waals surface area contributed by atoms with Crippen LogP contribution >= 0.6 is 8.58 Å². The molecule has 0 aromatic carbocycles. The fourth-order valence-corrected chi connectivity index (χ4v) is 3.93. The topological polar surface area (TPSA) is 0 Å². The summed E-state index contributed by atoms with van der Waals surface area (Å²) >= 11 is 0. The van der Waals surface area contributed by atoms with Crippen molar-refractivity contribution in [1.82, 2.24) is 0 Å². The van der Waals surface area contributed by atoms with Crippen molar-refractivity contribution in [3.8, 4) is 0 Å². The van der Waals surface area contributed by atoms with E-state index in [2.05, 4.69) is 0 Å². The highest BCUT2D eigenvalue weighted by atomic mass is 31.1. The van der Waals surface area contributed by atoms with Crippen LogP contribution in [0.5, 0.6) is 0 Å². The van der Waals surface area contributed by atoms with Crippen molar-refractivity contribution in [1.29, 1.82) is 0 Å². The van der Waals surface area contributed by atoms with Crippen LogP contribution in [-0.4, -0.2) is 21.8 Å². The molecule has 0 aromatic heterocycles. The predicted molar refractivity (Wildman–Crippen MR) is 33.4 cm³/mol. The monoisotopic (exact) mass is 116 g/mol. The van der Waals surface area contributed by atoms with Crippen LogP contribution in [0.25, 0.3) is 0 Å². The Balaban J connectivity index is 2.00. The summed E-state index contributed by atoms with van der Waals surface area (Å²) in [6, 6.07) is 3.08. The highest BCUT2D eigenvalue weighted by Crippen LogP contribution is 2.18. The van der Waals surface area contributed by atoms with Crippen molar-refractivity contribution in [3.63, 3.8) is 0 Å². The summed E-state index contributed by atoms with van der Waals surface area (Å²) < 4.78 is 0. The molecule has 2 heteroatoms. The highest BCUT2D eigenvalue weighted by molar-refractivity contribution is 7.38. The van der Waals surface area contributed by atoms with Gasteiger partial charge in [-0.05, 0) is 12.3 Å². The van der Waals surface area contributed by atoms with E-state index in [0.717, 1.165) is 0 Å². The van der Waals surface area contributed by atoms with E-state index in [4.69, 9.17) is 0 Å². The average molecular weight is 116 g/mol. The molecule has 1 aliphatic rings. The van der Waals surface area contributed by atoms with Crippen molar-refractivity contribution in [2.45, 2.75) is 12.1 Å². The van der Waals surface area contributed by atoms with Gasteiger partial charge in [0.1, 0.15) is 0 Å². The Labute approximate surface area is 43.3 Å². The van der Waals surface area contributed by atoms with Crippen molar-refractivity contribution in [2.24, 2.45) is 0 Å². The van der Waals surface area contributed by atoms with Crippen molar-refractivity contribution >= 4 is 18.1 Å². The van der Waals surface area contributed by atoms with Gasteiger partial charge < -0.3 is 0 Å². The van der Waals surface area contributed by atoms with E-state index in [1.807, 2.05) is 0 Å². The van der Waals surface area contributed by atoms with E-state index in [1.165, 1.54) is 18.1 Å². The van der Waals surface area contributed by atoms with Crippen LogP contribution in [-0.2, 0) is 0 Å². The van der Waals surface area contributed by atoms with Crippen LogP contribution in [0.2, 0.25) is 12.1 Å².